The Hall–Kier alpha value is -3.64. The SMILES string of the molecule is O=C(C1COc2ccccc2O1)N(Cc1ccc(-c2ccccc2)cc1)Cc1nccs1. The van der Waals surface area contributed by atoms with Crippen molar-refractivity contribution in [1.29, 1.82) is 0 Å². The van der Waals surface area contributed by atoms with Crippen LogP contribution in [0, 0.1) is 0 Å². The Morgan fingerprint density at radius 1 is 0.906 bits per heavy atom. The number of hydrogen-bond donors (Lipinski definition) is 0. The smallest absolute Gasteiger partial charge is 0.267 e. The third-order valence-corrected chi connectivity index (χ3v) is 6.10. The summed E-state index contributed by atoms with van der Waals surface area (Å²) >= 11 is 1.54. The average Bonchev–Trinajstić information content (AvgIpc) is 3.37. The summed E-state index contributed by atoms with van der Waals surface area (Å²) < 4.78 is 11.7. The highest BCUT2D eigenvalue weighted by atomic mass is 32.1. The first kappa shape index (κ1) is 20.3. The van der Waals surface area contributed by atoms with Crippen molar-refractivity contribution in [3.05, 3.63) is 101 Å². The second-order valence-corrected chi connectivity index (χ2v) is 8.53. The number of nitrogens with zero attached hydrogens (tertiary/aromatic N) is 2. The van der Waals surface area contributed by atoms with Crippen LogP contribution in [0.3, 0.4) is 0 Å². The molecule has 1 aromatic heterocycles. The molecule has 2 heterocycles. The lowest BCUT2D eigenvalue weighted by Crippen LogP contribution is -2.45. The van der Waals surface area contributed by atoms with Gasteiger partial charge >= 0.3 is 0 Å². The second-order valence-electron chi connectivity index (χ2n) is 7.55. The highest BCUT2D eigenvalue weighted by Gasteiger charge is 2.31. The monoisotopic (exact) mass is 442 g/mol. The molecule has 0 radical (unpaired) electrons. The molecule has 1 atom stereocenters. The number of aromatic nitrogens is 1. The molecule has 1 aliphatic heterocycles. The summed E-state index contributed by atoms with van der Waals surface area (Å²) in [7, 11) is 0. The number of thiazole rings is 1. The van der Waals surface area contributed by atoms with Gasteiger partial charge in [0.2, 0.25) is 6.10 Å². The van der Waals surface area contributed by atoms with E-state index in [1.807, 2.05) is 47.8 Å². The van der Waals surface area contributed by atoms with E-state index in [9.17, 15) is 4.79 Å². The Morgan fingerprint density at radius 3 is 2.38 bits per heavy atom. The van der Waals surface area contributed by atoms with Crippen LogP contribution in [0.25, 0.3) is 11.1 Å². The molecule has 0 N–H and O–H groups in total. The van der Waals surface area contributed by atoms with Crippen molar-refractivity contribution >= 4 is 17.2 Å². The zero-order chi connectivity index (χ0) is 21.8. The lowest BCUT2D eigenvalue weighted by atomic mass is 10.0. The Bertz CT molecular complexity index is 1180. The number of amides is 1. The van der Waals surface area contributed by atoms with Gasteiger partial charge in [0.15, 0.2) is 11.5 Å². The van der Waals surface area contributed by atoms with Crippen molar-refractivity contribution < 1.29 is 14.3 Å². The highest BCUT2D eigenvalue weighted by molar-refractivity contribution is 7.09. The fourth-order valence-electron chi connectivity index (χ4n) is 3.70. The maximum absolute atomic E-state index is 13.4. The van der Waals surface area contributed by atoms with Crippen LogP contribution < -0.4 is 9.47 Å². The molecule has 32 heavy (non-hydrogen) atoms. The quantitative estimate of drug-likeness (QED) is 0.413. The fraction of sp³-hybridized carbons (Fsp3) is 0.154. The fourth-order valence-corrected chi connectivity index (χ4v) is 4.34. The van der Waals surface area contributed by atoms with E-state index >= 15 is 0 Å². The lowest BCUT2D eigenvalue weighted by Gasteiger charge is -2.30. The van der Waals surface area contributed by atoms with Gasteiger partial charge in [-0.2, -0.15) is 0 Å². The molecule has 0 saturated heterocycles. The summed E-state index contributed by atoms with van der Waals surface area (Å²) in [6.45, 7) is 1.09. The van der Waals surface area contributed by atoms with Gasteiger partial charge < -0.3 is 14.4 Å². The molecule has 0 aliphatic carbocycles. The van der Waals surface area contributed by atoms with Gasteiger partial charge in [-0.05, 0) is 28.8 Å². The predicted molar refractivity (Wildman–Crippen MR) is 125 cm³/mol. The van der Waals surface area contributed by atoms with Crippen LogP contribution in [0.1, 0.15) is 10.6 Å². The number of ether oxygens (including phenoxy) is 2. The Labute approximate surface area is 190 Å². The minimum Gasteiger partial charge on any atom is -0.485 e. The summed E-state index contributed by atoms with van der Waals surface area (Å²) in [5, 5.41) is 2.81. The number of benzene rings is 3. The normalized spacial score (nSPS) is 14.7. The third-order valence-electron chi connectivity index (χ3n) is 5.34. The number of carbonyl (C=O) groups excluding carboxylic acids is 1. The Morgan fingerprint density at radius 2 is 1.62 bits per heavy atom. The maximum atomic E-state index is 13.4. The summed E-state index contributed by atoms with van der Waals surface area (Å²) in [4.78, 5) is 19.6. The van der Waals surface area contributed by atoms with Gasteiger partial charge in [-0.25, -0.2) is 4.98 Å². The Balaban J connectivity index is 1.35. The number of hydrogen-bond acceptors (Lipinski definition) is 5. The number of fused-ring (bicyclic) bond motifs is 1. The standard InChI is InChI=1S/C26H22N2O3S/c29-26(24-18-30-22-8-4-5-9-23(22)31-24)28(17-25-27-14-15-32-25)16-19-10-12-21(13-11-19)20-6-2-1-3-7-20/h1-15,24H,16-18H2. The van der Waals surface area contributed by atoms with Crippen molar-refractivity contribution in [2.45, 2.75) is 19.2 Å². The number of carbonyl (C=O) groups is 1. The first-order valence-electron chi connectivity index (χ1n) is 10.5. The molecule has 0 bridgehead atoms. The zero-order valence-electron chi connectivity index (χ0n) is 17.4. The van der Waals surface area contributed by atoms with E-state index in [1.54, 1.807) is 11.1 Å². The summed E-state index contributed by atoms with van der Waals surface area (Å²) in [5.74, 6) is 1.15. The van der Waals surface area contributed by atoms with E-state index in [2.05, 4.69) is 41.4 Å². The maximum Gasteiger partial charge on any atom is 0.267 e. The molecule has 0 fully saturated rings. The van der Waals surface area contributed by atoms with Crippen LogP contribution in [0.5, 0.6) is 11.5 Å². The second kappa shape index (κ2) is 9.24. The summed E-state index contributed by atoms with van der Waals surface area (Å²) in [5.41, 5.74) is 3.36. The van der Waals surface area contributed by atoms with Crippen LogP contribution in [-0.4, -0.2) is 28.5 Å². The molecule has 3 aromatic carbocycles. The van der Waals surface area contributed by atoms with E-state index < -0.39 is 6.10 Å². The summed E-state index contributed by atoms with van der Waals surface area (Å²) in [6, 6.07) is 26.0. The molecule has 1 amide bonds. The molecule has 5 rings (SSSR count). The molecule has 6 heteroatoms. The van der Waals surface area contributed by atoms with Gasteiger partial charge in [-0.3, -0.25) is 4.79 Å². The van der Waals surface area contributed by atoms with E-state index in [0.29, 0.717) is 24.6 Å². The predicted octanol–water partition coefficient (Wildman–Crippen LogP) is 5.18. The van der Waals surface area contributed by atoms with E-state index in [0.717, 1.165) is 16.1 Å². The van der Waals surface area contributed by atoms with Gasteiger partial charge in [0.25, 0.3) is 5.91 Å². The zero-order valence-corrected chi connectivity index (χ0v) is 18.2. The molecular weight excluding hydrogens is 420 g/mol. The van der Waals surface area contributed by atoms with Gasteiger partial charge in [0.1, 0.15) is 11.6 Å². The summed E-state index contributed by atoms with van der Waals surface area (Å²) in [6.07, 6.45) is 1.07. The van der Waals surface area contributed by atoms with Crippen molar-refractivity contribution in [3.8, 4) is 22.6 Å². The van der Waals surface area contributed by atoms with Crippen LogP contribution in [-0.2, 0) is 17.9 Å². The van der Waals surface area contributed by atoms with Crippen molar-refractivity contribution in [3.63, 3.8) is 0 Å². The van der Waals surface area contributed by atoms with E-state index in [1.165, 1.54) is 16.9 Å². The van der Waals surface area contributed by atoms with Gasteiger partial charge in [-0.1, -0.05) is 66.7 Å². The molecular formula is C26H22N2O3S. The molecule has 160 valence electrons. The molecule has 0 saturated carbocycles. The number of rotatable bonds is 6. The molecule has 1 aliphatic rings. The molecule has 1 unspecified atom stereocenters. The van der Waals surface area contributed by atoms with Crippen LogP contribution in [0.15, 0.2) is 90.4 Å². The van der Waals surface area contributed by atoms with Gasteiger partial charge in [0.05, 0.1) is 6.54 Å². The first-order valence-corrected chi connectivity index (χ1v) is 11.3. The Kier molecular flexibility index (Phi) is 5.85. The van der Waals surface area contributed by atoms with Gasteiger partial charge in [-0.15, -0.1) is 11.3 Å². The van der Waals surface area contributed by atoms with E-state index in [4.69, 9.17) is 9.47 Å². The largest absolute Gasteiger partial charge is 0.485 e. The van der Waals surface area contributed by atoms with E-state index in [-0.39, 0.29) is 12.5 Å². The average molecular weight is 443 g/mol. The van der Waals surface area contributed by atoms with Crippen molar-refractivity contribution in [2.75, 3.05) is 6.61 Å². The van der Waals surface area contributed by atoms with Crippen LogP contribution in [0.2, 0.25) is 0 Å². The van der Waals surface area contributed by atoms with Crippen molar-refractivity contribution in [1.82, 2.24) is 9.88 Å². The topological polar surface area (TPSA) is 51.7 Å². The molecule has 5 nitrogen and oxygen atoms in total. The van der Waals surface area contributed by atoms with Crippen LogP contribution in [0.4, 0.5) is 0 Å². The van der Waals surface area contributed by atoms with Crippen LogP contribution >= 0.6 is 11.3 Å². The van der Waals surface area contributed by atoms with Gasteiger partial charge in [0, 0.05) is 18.1 Å². The minimum absolute atomic E-state index is 0.109. The minimum atomic E-state index is -0.687. The number of para-hydroxylation sites is 2. The molecule has 4 aromatic rings. The third kappa shape index (κ3) is 4.50. The molecule has 0 spiro atoms. The lowest BCUT2D eigenvalue weighted by molar-refractivity contribution is -0.142. The first-order chi connectivity index (χ1) is 15.8. The highest BCUT2D eigenvalue weighted by Crippen LogP contribution is 2.31. The van der Waals surface area contributed by atoms with Crippen molar-refractivity contribution in [2.24, 2.45) is 0 Å².